The van der Waals surface area contributed by atoms with Crippen molar-refractivity contribution in [3.8, 4) is 11.1 Å². The van der Waals surface area contributed by atoms with Crippen molar-refractivity contribution in [1.29, 1.82) is 0 Å². The zero-order chi connectivity index (χ0) is 26.6. The second-order valence-electron chi connectivity index (χ2n) is 10.9. The first-order chi connectivity index (χ1) is 18.3. The third kappa shape index (κ3) is 4.15. The Balaban J connectivity index is 1.34. The van der Waals surface area contributed by atoms with E-state index in [9.17, 15) is 9.90 Å². The molecule has 38 heavy (non-hydrogen) atoms. The summed E-state index contributed by atoms with van der Waals surface area (Å²) >= 11 is 0. The second kappa shape index (κ2) is 9.38. The molecule has 1 saturated carbocycles. The van der Waals surface area contributed by atoms with Crippen LogP contribution >= 0.6 is 0 Å². The van der Waals surface area contributed by atoms with Crippen molar-refractivity contribution in [2.45, 2.75) is 58.9 Å². The highest BCUT2D eigenvalue weighted by molar-refractivity contribution is 5.87. The SMILES string of the molecule is CC1=CC(c2ccc(-c3cnn4c3nc(CC3CCC(C(=O)O)CC3)c3c(C)[nH]nc34)cn2)=CN(C)C1C. The zero-order valence-corrected chi connectivity index (χ0v) is 22.3. The molecule has 0 amide bonds. The molecule has 2 aliphatic rings. The van der Waals surface area contributed by atoms with Crippen LogP contribution in [0.2, 0.25) is 0 Å². The van der Waals surface area contributed by atoms with Crippen molar-refractivity contribution in [1.82, 2.24) is 34.7 Å². The Morgan fingerprint density at radius 1 is 1.13 bits per heavy atom. The van der Waals surface area contributed by atoms with E-state index in [4.69, 9.17) is 9.97 Å². The molecule has 0 saturated heterocycles. The first kappa shape index (κ1) is 24.3. The molecule has 9 heteroatoms. The smallest absolute Gasteiger partial charge is 0.306 e. The lowest BCUT2D eigenvalue weighted by Crippen LogP contribution is -2.27. The number of carboxylic acid groups (broad SMARTS) is 1. The van der Waals surface area contributed by atoms with E-state index in [1.54, 1.807) is 4.52 Å². The van der Waals surface area contributed by atoms with Crippen LogP contribution < -0.4 is 0 Å². The van der Waals surface area contributed by atoms with Gasteiger partial charge in [-0.25, -0.2) is 4.98 Å². The number of nitrogens with one attached hydrogen (secondary N) is 1. The maximum Gasteiger partial charge on any atom is 0.306 e. The van der Waals surface area contributed by atoms with Crippen molar-refractivity contribution in [2.24, 2.45) is 11.8 Å². The quantitative estimate of drug-likeness (QED) is 0.386. The van der Waals surface area contributed by atoms with Gasteiger partial charge in [0.05, 0.1) is 28.9 Å². The van der Waals surface area contributed by atoms with Crippen LogP contribution in [0.3, 0.4) is 0 Å². The van der Waals surface area contributed by atoms with Crippen molar-refractivity contribution < 1.29 is 9.90 Å². The monoisotopic (exact) mass is 511 g/mol. The highest BCUT2D eigenvalue weighted by Crippen LogP contribution is 2.34. The van der Waals surface area contributed by atoms with Crippen LogP contribution in [0.4, 0.5) is 0 Å². The lowest BCUT2D eigenvalue weighted by molar-refractivity contribution is -0.143. The number of allylic oxidation sites excluding steroid dienone is 2. The van der Waals surface area contributed by atoms with Crippen molar-refractivity contribution in [3.05, 3.63) is 59.5 Å². The van der Waals surface area contributed by atoms with Crippen molar-refractivity contribution >= 4 is 28.2 Å². The van der Waals surface area contributed by atoms with Gasteiger partial charge < -0.3 is 10.0 Å². The topological polar surface area (TPSA) is 112 Å². The Morgan fingerprint density at radius 2 is 1.92 bits per heavy atom. The first-order valence-electron chi connectivity index (χ1n) is 13.3. The Morgan fingerprint density at radius 3 is 2.61 bits per heavy atom. The number of aliphatic carboxylic acids is 1. The van der Waals surface area contributed by atoms with E-state index in [0.717, 1.165) is 82.6 Å². The average molecular weight is 512 g/mol. The summed E-state index contributed by atoms with van der Waals surface area (Å²) in [6.07, 6.45) is 12.1. The van der Waals surface area contributed by atoms with Crippen LogP contribution in [0.15, 0.2) is 42.4 Å². The lowest BCUT2D eigenvalue weighted by Gasteiger charge is -2.29. The largest absolute Gasteiger partial charge is 0.481 e. The molecule has 0 spiro atoms. The van der Waals surface area contributed by atoms with Gasteiger partial charge in [0.15, 0.2) is 11.3 Å². The van der Waals surface area contributed by atoms with Crippen LogP contribution in [0.1, 0.15) is 56.6 Å². The minimum atomic E-state index is -0.674. The molecule has 1 atom stereocenters. The predicted molar refractivity (Wildman–Crippen MR) is 146 cm³/mol. The maximum absolute atomic E-state index is 11.4. The second-order valence-corrected chi connectivity index (χ2v) is 10.9. The average Bonchev–Trinajstić information content (AvgIpc) is 3.51. The number of hydrogen-bond donors (Lipinski definition) is 2. The molecule has 1 aliphatic carbocycles. The third-order valence-corrected chi connectivity index (χ3v) is 8.45. The van der Waals surface area contributed by atoms with Gasteiger partial charge in [-0.3, -0.25) is 14.9 Å². The third-order valence-electron chi connectivity index (χ3n) is 8.45. The molecule has 6 rings (SSSR count). The molecule has 1 aliphatic heterocycles. The molecule has 196 valence electrons. The molecule has 0 bridgehead atoms. The van der Waals surface area contributed by atoms with E-state index in [0.29, 0.717) is 12.0 Å². The zero-order valence-electron chi connectivity index (χ0n) is 22.3. The minimum Gasteiger partial charge on any atom is -0.481 e. The Labute approximate surface area is 221 Å². The predicted octanol–water partition coefficient (Wildman–Crippen LogP) is 5.03. The molecule has 4 aromatic rings. The number of nitrogens with zero attached hydrogens (tertiary/aromatic N) is 6. The fourth-order valence-corrected chi connectivity index (χ4v) is 5.86. The van der Waals surface area contributed by atoms with E-state index in [2.05, 4.69) is 65.5 Å². The van der Waals surface area contributed by atoms with Gasteiger partial charge in [0.1, 0.15) is 0 Å². The van der Waals surface area contributed by atoms with Crippen LogP contribution in [0.25, 0.3) is 33.4 Å². The van der Waals surface area contributed by atoms with Gasteiger partial charge in [-0.1, -0.05) is 17.7 Å². The van der Waals surface area contributed by atoms with E-state index >= 15 is 0 Å². The molecular formula is C29H33N7O2. The summed E-state index contributed by atoms with van der Waals surface area (Å²) in [5, 5.41) is 22.7. The summed E-state index contributed by atoms with van der Waals surface area (Å²) in [6.45, 7) is 6.36. The number of likely N-dealkylation sites (N-methyl/N-ethyl adjacent to an activating group) is 1. The van der Waals surface area contributed by atoms with Crippen molar-refractivity contribution in [3.63, 3.8) is 0 Å². The van der Waals surface area contributed by atoms with E-state index < -0.39 is 5.97 Å². The Hall–Kier alpha value is -4.01. The number of H-pyrrole nitrogens is 1. The molecule has 1 fully saturated rings. The van der Waals surface area contributed by atoms with Crippen LogP contribution in [0.5, 0.6) is 0 Å². The van der Waals surface area contributed by atoms with Crippen LogP contribution in [-0.2, 0) is 11.2 Å². The molecule has 0 aromatic carbocycles. The van der Waals surface area contributed by atoms with E-state index in [-0.39, 0.29) is 5.92 Å². The molecule has 0 radical (unpaired) electrons. The standard InChI is InChI=1S/C29H33N7O2/c1-16-11-22(15-35(4)18(16)3)24-10-9-21(13-30-24)23-14-31-36-27(23)32-25(26-17(2)33-34-28(26)36)12-19-5-7-20(8-6-19)29(37)38/h9-11,13-15,18-20H,5-8,12H2,1-4H3,(H,33,34)(H,37,38). The fraction of sp³-hybridized carbons (Fsp3) is 0.414. The highest BCUT2D eigenvalue weighted by atomic mass is 16.4. The summed E-state index contributed by atoms with van der Waals surface area (Å²) in [5.41, 5.74) is 8.69. The number of aromatic nitrogens is 6. The summed E-state index contributed by atoms with van der Waals surface area (Å²) in [5.74, 6) is -0.486. The summed E-state index contributed by atoms with van der Waals surface area (Å²) in [6, 6.07) is 4.51. The number of carboxylic acids is 1. The van der Waals surface area contributed by atoms with Gasteiger partial charge in [-0.15, -0.1) is 0 Å². The van der Waals surface area contributed by atoms with Crippen LogP contribution in [-0.4, -0.2) is 58.8 Å². The number of hydrogen-bond acceptors (Lipinski definition) is 6. The van der Waals surface area contributed by atoms with Gasteiger partial charge in [-0.05, 0) is 64.9 Å². The van der Waals surface area contributed by atoms with Gasteiger partial charge in [-0.2, -0.15) is 14.7 Å². The molecule has 4 aromatic heterocycles. The lowest BCUT2D eigenvalue weighted by atomic mass is 9.80. The summed E-state index contributed by atoms with van der Waals surface area (Å²) < 4.78 is 1.80. The molecule has 2 N–H and O–H groups in total. The number of rotatable bonds is 5. The van der Waals surface area contributed by atoms with Crippen molar-refractivity contribution in [2.75, 3.05) is 7.05 Å². The van der Waals surface area contributed by atoms with E-state index in [1.165, 1.54) is 5.57 Å². The fourth-order valence-electron chi connectivity index (χ4n) is 5.86. The number of aromatic amines is 1. The maximum atomic E-state index is 11.4. The van der Waals surface area contributed by atoms with Gasteiger partial charge in [0.2, 0.25) is 0 Å². The number of carbonyl (C=O) groups is 1. The highest BCUT2D eigenvalue weighted by Gasteiger charge is 2.28. The molecule has 5 heterocycles. The first-order valence-corrected chi connectivity index (χ1v) is 13.3. The van der Waals surface area contributed by atoms with Gasteiger partial charge >= 0.3 is 5.97 Å². The van der Waals surface area contributed by atoms with E-state index in [1.807, 2.05) is 19.3 Å². The summed E-state index contributed by atoms with van der Waals surface area (Å²) in [4.78, 5) is 23.5. The number of pyridine rings is 1. The van der Waals surface area contributed by atoms with Gasteiger partial charge in [0.25, 0.3) is 0 Å². The number of aryl methyl sites for hydroxylation is 1. The normalized spacial score (nSPS) is 22.1. The number of fused-ring (bicyclic) bond motifs is 3. The van der Waals surface area contributed by atoms with Gasteiger partial charge in [0, 0.05) is 47.9 Å². The molecule has 1 unspecified atom stereocenters. The molecule has 9 nitrogen and oxygen atoms in total. The van der Waals surface area contributed by atoms with Crippen LogP contribution in [0, 0.1) is 18.8 Å². The molecular weight excluding hydrogens is 478 g/mol. The summed E-state index contributed by atoms with van der Waals surface area (Å²) in [7, 11) is 2.09. The Bertz CT molecular complexity index is 1590. The Kier molecular flexibility index (Phi) is 6.01. The minimum absolute atomic E-state index is 0.221.